The van der Waals surface area contributed by atoms with Crippen LogP contribution in [-0.4, -0.2) is 27.6 Å². The van der Waals surface area contributed by atoms with E-state index >= 15 is 0 Å². The van der Waals surface area contributed by atoms with E-state index in [1.807, 2.05) is 6.92 Å². The van der Waals surface area contributed by atoms with E-state index in [1.54, 1.807) is 5.01 Å². The van der Waals surface area contributed by atoms with Crippen molar-refractivity contribution in [2.75, 3.05) is 6.54 Å². The normalized spacial score (nSPS) is 22.8. The zero-order valence-corrected chi connectivity index (χ0v) is 12.0. The van der Waals surface area contributed by atoms with Gasteiger partial charge in [0.2, 0.25) is 0 Å². The minimum Gasteiger partial charge on any atom is -0.481 e. The number of hydrogen-bond acceptors (Lipinski definition) is 3. The smallest absolute Gasteiger partial charge is 0.307 e. The fourth-order valence-corrected chi connectivity index (χ4v) is 3.70. The minimum absolute atomic E-state index is 0.00610. The van der Waals surface area contributed by atoms with E-state index in [0.29, 0.717) is 25.8 Å². The molecule has 0 radical (unpaired) electrons. The molecule has 3 rings (SSSR count). The van der Waals surface area contributed by atoms with Gasteiger partial charge >= 0.3 is 5.97 Å². The zero-order valence-electron chi connectivity index (χ0n) is 12.0. The summed E-state index contributed by atoms with van der Waals surface area (Å²) in [5.41, 5.74) is 3.81. The number of aliphatic carboxylic acids is 1. The maximum absolute atomic E-state index is 13.4. The molecule has 0 saturated carbocycles. The van der Waals surface area contributed by atoms with Crippen LogP contribution in [0.3, 0.4) is 0 Å². The molecule has 0 fully saturated rings. The highest BCUT2D eigenvalue weighted by molar-refractivity contribution is 5.71. The van der Waals surface area contributed by atoms with Crippen molar-refractivity contribution in [2.45, 2.75) is 32.6 Å². The second-order valence-electron chi connectivity index (χ2n) is 5.89. The van der Waals surface area contributed by atoms with E-state index in [-0.39, 0.29) is 11.9 Å². The van der Waals surface area contributed by atoms with Crippen LogP contribution in [-0.2, 0) is 17.6 Å². The molecule has 4 N–H and O–H groups in total. The van der Waals surface area contributed by atoms with Crippen LogP contribution in [0.5, 0.6) is 0 Å². The minimum atomic E-state index is -0.758. The summed E-state index contributed by atoms with van der Waals surface area (Å²) >= 11 is 0. The van der Waals surface area contributed by atoms with Crippen LogP contribution in [0.4, 0.5) is 4.39 Å². The number of H-pyrrole nitrogens is 1. The van der Waals surface area contributed by atoms with Crippen molar-refractivity contribution in [3.63, 3.8) is 0 Å². The van der Waals surface area contributed by atoms with E-state index < -0.39 is 11.9 Å². The summed E-state index contributed by atoms with van der Waals surface area (Å²) in [5.74, 6) is 4.55. The van der Waals surface area contributed by atoms with Crippen LogP contribution < -0.4 is 5.84 Å². The van der Waals surface area contributed by atoms with Crippen molar-refractivity contribution in [3.05, 3.63) is 34.5 Å². The van der Waals surface area contributed by atoms with E-state index in [2.05, 4.69) is 4.98 Å². The Morgan fingerprint density at radius 1 is 1.62 bits per heavy atom. The molecule has 2 aliphatic rings. The molecule has 0 aromatic carbocycles. The molecular formula is C15H20FN3O2. The van der Waals surface area contributed by atoms with E-state index in [1.165, 1.54) is 6.07 Å². The fraction of sp³-hybridized carbons (Fsp3) is 0.533. The Kier molecular flexibility index (Phi) is 3.49. The van der Waals surface area contributed by atoms with Gasteiger partial charge in [-0.1, -0.05) is 6.92 Å². The van der Waals surface area contributed by atoms with Gasteiger partial charge in [0.25, 0.3) is 0 Å². The zero-order chi connectivity index (χ0) is 15.1. The SMILES string of the molecule is CCC(C(=O)O)C1CCN(N)C2=C1Cc1cc(F)[nH]c1C2. The topological polar surface area (TPSA) is 82.3 Å². The van der Waals surface area contributed by atoms with Crippen LogP contribution in [0.15, 0.2) is 17.3 Å². The van der Waals surface area contributed by atoms with E-state index in [0.717, 1.165) is 28.9 Å². The maximum Gasteiger partial charge on any atom is 0.307 e. The van der Waals surface area contributed by atoms with Crippen molar-refractivity contribution >= 4 is 5.97 Å². The number of aromatic nitrogens is 1. The van der Waals surface area contributed by atoms with Gasteiger partial charge in [-0.15, -0.1) is 0 Å². The first-order valence-electron chi connectivity index (χ1n) is 7.34. The first kappa shape index (κ1) is 14.1. The lowest BCUT2D eigenvalue weighted by Crippen LogP contribution is -2.43. The number of halogens is 1. The Bertz CT molecular complexity index is 608. The standard InChI is InChI=1S/C15H20FN3O2/c1-2-9(15(20)21)10-3-4-19(17)13-7-12-8(5-11(10)13)6-14(16)18-12/h6,9-10,18H,2-5,7,17H2,1H3,(H,20,21). The molecule has 6 heteroatoms. The van der Waals surface area contributed by atoms with Crippen LogP contribution >= 0.6 is 0 Å². The summed E-state index contributed by atoms with van der Waals surface area (Å²) in [4.78, 5) is 14.2. The number of hydrogen-bond donors (Lipinski definition) is 3. The molecule has 1 aromatic rings. The molecule has 1 aliphatic heterocycles. The van der Waals surface area contributed by atoms with Gasteiger partial charge in [0.05, 0.1) is 5.92 Å². The molecule has 1 aliphatic carbocycles. The van der Waals surface area contributed by atoms with Gasteiger partial charge in [-0.05, 0) is 42.4 Å². The van der Waals surface area contributed by atoms with Crippen LogP contribution in [0.1, 0.15) is 31.0 Å². The second kappa shape index (κ2) is 5.18. The number of carboxylic acids is 1. The molecule has 0 spiro atoms. The van der Waals surface area contributed by atoms with Gasteiger partial charge in [-0.2, -0.15) is 4.39 Å². The average Bonchev–Trinajstić information content (AvgIpc) is 2.79. The highest BCUT2D eigenvalue weighted by atomic mass is 19.1. The first-order chi connectivity index (χ1) is 10.0. The van der Waals surface area contributed by atoms with Gasteiger partial charge in [0.1, 0.15) is 0 Å². The predicted octanol–water partition coefficient (Wildman–Crippen LogP) is 1.81. The molecule has 0 bridgehead atoms. The summed E-state index contributed by atoms with van der Waals surface area (Å²) in [6, 6.07) is 1.51. The molecular weight excluding hydrogens is 273 g/mol. The third-order valence-electron chi connectivity index (χ3n) is 4.77. The number of rotatable bonds is 3. The Balaban J connectivity index is 1.98. The molecule has 21 heavy (non-hydrogen) atoms. The molecule has 1 aromatic heterocycles. The quantitative estimate of drug-likeness (QED) is 0.742. The van der Waals surface area contributed by atoms with Gasteiger partial charge in [-0.25, -0.2) is 5.84 Å². The number of nitrogens with zero attached hydrogens (tertiary/aromatic N) is 1. The molecule has 5 nitrogen and oxygen atoms in total. The van der Waals surface area contributed by atoms with Gasteiger partial charge in [0, 0.05) is 24.4 Å². The molecule has 2 unspecified atom stereocenters. The largest absolute Gasteiger partial charge is 0.481 e. The van der Waals surface area contributed by atoms with Crippen molar-refractivity contribution in [1.29, 1.82) is 0 Å². The maximum atomic E-state index is 13.4. The Labute approximate surface area is 122 Å². The number of nitrogens with one attached hydrogen (secondary N) is 1. The van der Waals surface area contributed by atoms with Crippen molar-refractivity contribution < 1.29 is 14.3 Å². The summed E-state index contributed by atoms with van der Waals surface area (Å²) in [6.07, 6.45) is 2.48. The third kappa shape index (κ3) is 2.33. The monoisotopic (exact) mass is 293 g/mol. The Morgan fingerprint density at radius 3 is 3.05 bits per heavy atom. The molecule has 0 amide bonds. The second-order valence-corrected chi connectivity index (χ2v) is 5.89. The highest BCUT2D eigenvalue weighted by Gasteiger charge is 2.37. The summed E-state index contributed by atoms with van der Waals surface area (Å²) in [7, 11) is 0. The number of fused-ring (bicyclic) bond motifs is 1. The number of hydrazine groups is 1. The highest BCUT2D eigenvalue weighted by Crippen LogP contribution is 2.40. The summed E-state index contributed by atoms with van der Waals surface area (Å²) in [6.45, 7) is 2.55. The van der Waals surface area contributed by atoms with Crippen molar-refractivity contribution in [2.24, 2.45) is 17.7 Å². The van der Waals surface area contributed by atoms with E-state index in [4.69, 9.17) is 5.84 Å². The first-order valence-corrected chi connectivity index (χ1v) is 7.34. The van der Waals surface area contributed by atoms with E-state index in [9.17, 15) is 14.3 Å². The number of carboxylic acid groups (broad SMARTS) is 1. The number of carbonyl (C=O) groups is 1. The Hall–Kier alpha value is -1.82. The number of aromatic amines is 1. The average molecular weight is 293 g/mol. The lowest BCUT2D eigenvalue weighted by atomic mass is 9.74. The number of allylic oxidation sites excluding steroid dienone is 2. The van der Waals surface area contributed by atoms with Gasteiger partial charge in [-0.3, -0.25) is 4.79 Å². The van der Waals surface area contributed by atoms with Crippen molar-refractivity contribution in [3.8, 4) is 0 Å². The third-order valence-corrected chi connectivity index (χ3v) is 4.77. The van der Waals surface area contributed by atoms with Crippen LogP contribution in [0, 0.1) is 17.8 Å². The predicted molar refractivity (Wildman–Crippen MR) is 75.6 cm³/mol. The molecule has 0 saturated heterocycles. The van der Waals surface area contributed by atoms with Crippen LogP contribution in [0.2, 0.25) is 0 Å². The summed E-state index contributed by atoms with van der Waals surface area (Å²) < 4.78 is 13.4. The molecule has 114 valence electrons. The van der Waals surface area contributed by atoms with Crippen LogP contribution in [0.25, 0.3) is 0 Å². The Morgan fingerprint density at radius 2 is 2.38 bits per heavy atom. The fourth-order valence-electron chi connectivity index (χ4n) is 3.70. The molecule has 2 atom stereocenters. The lowest BCUT2D eigenvalue weighted by Gasteiger charge is -2.39. The molecule has 2 heterocycles. The number of nitrogens with two attached hydrogens (primary N) is 1. The van der Waals surface area contributed by atoms with Crippen molar-refractivity contribution in [1.82, 2.24) is 9.99 Å². The summed E-state index contributed by atoms with van der Waals surface area (Å²) in [5, 5.41) is 11.1. The lowest BCUT2D eigenvalue weighted by molar-refractivity contribution is -0.143. The van der Waals surface area contributed by atoms with Gasteiger partial charge < -0.3 is 15.1 Å². The van der Waals surface area contributed by atoms with Gasteiger partial charge in [0.15, 0.2) is 5.95 Å².